The summed E-state index contributed by atoms with van der Waals surface area (Å²) in [5.74, 6) is 0.822. The van der Waals surface area contributed by atoms with E-state index in [1.165, 1.54) is 0 Å². The molecular formula is C13H21BrN4O. The van der Waals surface area contributed by atoms with Crippen LogP contribution < -0.4 is 10.6 Å². The van der Waals surface area contributed by atoms with Crippen molar-refractivity contribution in [2.75, 3.05) is 37.3 Å². The molecule has 0 aliphatic heterocycles. The third-order valence-corrected chi connectivity index (χ3v) is 4.08. The van der Waals surface area contributed by atoms with Gasteiger partial charge in [-0.25, -0.2) is 4.98 Å². The molecule has 19 heavy (non-hydrogen) atoms. The van der Waals surface area contributed by atoms with Gasteiger partial charge in [-0.1, -0.05) is 0 Å². The van der Waals surface area contributed by atoms with Crippen LogP contribution in [0.3, 0.4) is 0 Å². The zero-order valence-electron chi connectivity index (χ0n) is 11.9. The van der Waals surface area contributed by atoms with E-state index in [9.17, 15) is 4.79 Å². The monoisotopic (exact) mass is 328 g/mol. The minimum absolute atomic E-state index is 0.0932. The quantitative estimate of drug-likeness (QED) is 0.898. The van der Waals surface area contributed by atoms with Crippen LogP contribution in [0.1, 0.15) is 19.4 Å². The number of hydrogen-bond donors (Lipinski definition) is 1. The van der Waals surface area contributed by atoms with Crippen molar-refractivity contribution < 1.29 is 4.79 Å². The third-order valence-electron chi connectivity index (χ3n) is 3.13. The summed E-state index contributed by atoms with van der Waals surface area (Å²) in [6, 6.07) is 0. The molecule has 2 N–H and O–H groups in total. The lowest BCUT2D eigenvalue weighted by molar-refractivity contribution is -0.129. The molecule has 6 heteroatoms. The predicted octanol–water partition coefficient (Wildman–Crippen LogP) is 2.04. The summed E-state index contributed by atoms with van der Waals surface area (Å²) >= 11 is 3.48. The molecule has 0 bridgehead atoms. The number of nitrogen functional groups attached to an aromatic ring is 1. The summed E-state index contributed by atoms with van der Waals surface area (Å²) < 4.78 is 0.836. The van der Waals surface area contributed by atoms with Gasteiger partial charge in [-0.3, -0.25) is 4.79 Å². The predicted molar refractivity (Wildman–Crippen MR) is 82.3 cm³/mol. The highest BCUT2D eigenvalue weighted by Crippen LogP contribution is 2.29. The van der Waals surface area contributed by atoms with Crippen molar-refractivity contribution in [1.29, 1.82) is 0 Å². The molecule has 0 radical (unpaired) electrons. The van der Waals surface area contributed by atoms with Gasteiger partial charge in [0.15, 0.2) is 0 Å². The van der Waals surface area contributed by atoms with Gasteiger partial charge in [-0.05, 0) is 42.3 Å². The highest BCUT2D eigenvalue weighted by Gasteiger charge is 2.16. The Bertz CT molecular complexity index is 460. The summed E-state index contributed by atoms with van der Waals surface area (Å²) in [6.45, 7) is 7.62. The molecule has 0 aromatic carbocycles. The Balaban J connectivity index is 2.87. The van der Waals surface area contributed by atoms with Crippen LogP contribution in [0.5, 0.6) is 0 Å². The number of carbonyl (C=O) groups excluding carboxylic acids is 1. The lowest BCUT2D eigenvalue weighted by atomic mass is 10.2. The highest BCUT2D eigenvalue weighted by molar-refractivity contribution is 9.10. The number of hydrogen-bond acceptors (Lipinski definition) is 4. The molecule has 0 atom stereocenters. The standard InChI is InChI=1S/C13H21BrN4O/c1-5-18(6-2)11(19)8-17(4)13-12(14)9(3)10(15)7-16-13/h7H,5-6,8,15H2,1-4H3. The van der Waals surface area contributed by atoms with Crippen LogP contribution in [-0.2, 0) is 4.79 Å². The Hall–Kier alpha value is -1.30. The Morgan fingerprint density at radius 1 is 1.42 bits per heavy atom. The molecule has 1 aromatic heterocycles. The van der Waals surface area contributed by atoms with Crippen molar-refractivity contribution in [1.82, 2.24) is 9.88 Å². The Morgan fingerprint density at radius 3 is 2.53 bits per heavy atom. The van der Waals surface area contributed by atoms with E-state index in [2.05, 4.69) is 20.9 Å². The van der Waals surface area contributed by atoms with Crippen LogP contribution in [-0.4, -0.2) is 42.5 Å². The van der Waals surface area contributed by atoms with Gasteiger partial charge < -0.3 is 15.5 Å². The smallest absolute Gasteiger partial charge is 0.242 e. The van der Waals surface area contributed by atoms with Crippen LogP contribution in [0.25, 0.3) is 0 Å². The minimum Gasteiger partial charge on any atom is -0.397 e. The van der Waals surface area contributed by atoms with Gasteiger partial charge in [0, 0.05) is 20.1 Å². The second-order valence-electron chi connectivity index (χ2n) is 4.40. The Labute approximate surface area is 122 Å². The molecule has 106 valence electrons. The van der Waals surface area contributed by atoms with Gasteiger partial charge in [0.2, 0.25) is 5.91 Å². The van der Waals surface area contributed by atoms with E-state index in [1.54, 1.807) is 11.1 Å². The Kier molecular flexibility index (Phi) is 5.60. The average molecular weight is 329 g/mol. The number of nitrogens with two attached hydrogens (primary N) is 1. The highest BCUT2D eigenvalue weighted by atomic mass is 79.9. The van der Waals surface area contributed by atoms with E-state index in [0.29, 0.717) is 12.2 Å². The van der Waals surface area contributed by atoms with Crippen LogP contribution in [0, 0.1) is 6.92 Å². The maximum Gasteiger partial charge on any atom is 0.242 e. The van der Waals surface area contributed by atoms with Crippen molar-refractivity contribution in [2.24, 2.45) is 0 Å². The fraction of sp³-hybridized carbons (Fsp3) is 0.538. The van der Waals surface area contributed by atoms with Crippen LogP contribution in [0.2, 0.25) is 0 Å². The number of carbonyl (C=O) groups is 1. The SMILES string of the molecule is CCN(CC)C(=O)CN(C)c1ncc(N)c(C)c1Br. The second kappa shape index (κ2) is 6.75. The van der Waals surface area contributed by atoms with Crippen molar-refractivity contribution in [3.8, 4) is 0 Å². The van der Waals surface area contributed by atoms with E-state index in [4.69, 9.17) is 5.73 Å². The molecule has 0 spiro atoms. The normalized spacial score (nSPS) is 10.4. The first-order valence-electron chi connectivity index (χ1n) is 6.31. The van der Waals surface area contributed by atoms with E-state index in [0.717, 1.165) is 28.9 Å². The molecule has 0 saturated carbocycles. The molecule has 1 amide bonds. The summed E-state index contributed by atoms with van der Waals surface area (Å²) in [6.07, 6.45) is 1.62. The number of aromatic nitrogens is 1. The fourth-order valence-corrected chi connectivity index (χ4v) is 2.43. The first-order valence-corrected chi connectivity index (χ1v) is 7.11. The van der Waals surface area contributed by atoms with Crippen molar-refractivity contribution >= 4 is 33.3 Å². The largest absolute Gasteiger partial charge is 0.397 e. The maximum absolute atomic E-state index is 12.1. The average Bonchev–Trinajstić information content (AvgIpc) is 2.37. The van der Waals surface area contributed by atoms with Gasteiger partial charge in [-0.15, -0.1) is 0 Å². The number of anilines is 2. The molecular weight excluding hydrogens is 308 g/mol. The van der Waals surface area contributed by atoms with E-state index in [1.807, 2.05) is 32.7 Å². The van der Waals surface area contributed by atoms with Gasteiger partial charge in [0.1, 0.15) is 5.82 Å². The minimum atomic E-state index is 0.0932. The van der Waals surface area contributed by atoms with E-state index in [-0.39, 0.29) is 5.91 Å². The number of likely N-dealkylation sites (N-methyl/N-ethyl adjacent to an activating group) is 2. The maximum atomic E-state index is 12.1. The number of rotatable bonds is 5. The molecule has 1 rings (SSSR count). The molecule has 0 fully saturated rings. The summed E-state index contributed by atoms with van der Waals surface area (Å²) in [7, 11) is 1.85. The molecule has 5 nitrogen and oxygen atoms in total. The van der Waals surface area contributed by atoms with Crippen molar-refractivity contribution in [3.63, 3.8) is 0 Å². The molecule has 0 aliphatic carbocycles. The molecule has 1 heterocycles. The number of halogens is 1. The zero-order chi connectivity index (χ0) is 14.6. The van der Waals surface area contributed by atoms with Crippen molar-refractivity contribution in [2.45, 2.75) is 20.8 Å². The first kappa shape index (κ1) is 15.8. The third kappa shape index (κ3) is 3.59. The number of nitrogens with zero attached hydrogens (tertiary/aromatic N) is 3. The summed E-state index contributed by atoms with van der Waals surface area (Å²) in [4.78, 5) is 20.0. The second-order valence-corrected chi connectivity index (χ2v) is 5.19. The topological polar surface area (TPSA) is 62.5 Å². The van der Waals surface area contributed by atoms with Gasteiger partial charge in [0.25, 0.3) is 0 Å². The van der Waals surface area contributed by atoms with Crippen LogP contribution >= 0.6 is 15.9 Å². The van der Waals surface area contributed by atoms with Crippen LogP contribution in [0.15, 0.2) is 10.7 Å². The summed E-state index contributed by atoms with van der Waals surface area (Å²) in [5, 5.41) is 0. The van der Waals surface area contributed by atoms with Gasteiger partial charge >= 0.3 is 0 Å². The lowest BCUT2D eigenvalue weighted by Gasteiger charge is -2.24. The van der Waals surface area contributed by atoms with Crippen molar-refractivity contribution in [3.05, 3.63) is 16.2 Å². The Morgan fingerprint density at radius 2 is 2.00 bits per heavy atom. The molecule has 0 unspecified atom stereocenters. The molecule has 0 aliphatic rings. The number of pyridine rings is 1. The first-order chi connectivity index (χ1) is 8.92. The molecule has 0 saturated heterocycles. The van der Waals surface area contributed by atoms with E-state index < -0.39 is 0 Å². The fourth-order valence-electron chi connectivity index (χ4n) is 1.80. The zero-order valence-corrected chi connectivity index (χ0v) is 13.5. The van der Waals surface area contributed by atoms with Gasteiger partial charge in [-0.2, -0.15) is 0 Å². The van der Waals surface area contributed by atoms with E-state index >= 15 is 0 Å². The van der Waals surface area contributed by atoms with Crippen LogP contribution in [0.4, 0.5) is 11.5 Å². The number of amides is 1. The molecule has 1 aromatic rings. The van der Waals surface area contributed by atoms with Gasteiger partial charge in [0.05, 0.1) is 22.9 Å². The summed E-state index contributed by atoms with van der Waals surface area (Å²) in [5.41, 5.74) is 7.37. The lowest BCUT2D eigenvalue weighted by Crippen LogP contribution is -2.39.